The first kappa shape index (κ1) is 13.8. The molecule has 1 unspecified atom stereocenters. The Kier molecular flexibility index (Phi) is 3.97. The quantitative estimate of drug-likeness (QED) is 0.723. The molecule has 2 amide bonds. The van der Waals surface area contributed by atoms with Crippen LogP contribution in [0.3, 0.4) is 0 Å². The molecule has 0 aromatic carbocycles. The van der Waals surface area contributed by atoms with Gasteiger partial charge in [0.1, 0.15) is 6.54 Å². The maximum atomic E-state index is 11.8. The number of carboxylic acids is 1. The van der Waals surface area contributed by atoms with Gasteiger partial charge in [-0.15, -0.1) is 0 Å². The summed E-state index contributed by atoms with van der Waals surface area (Å²) in [6.07, 6.45) is 0.408. The van der Waals surface area contributed by atoms with Crippen LogP contribution in [0.2, 0.25) is 0 Å². The van der Waals surface area contributed by atoms with E-state index in [1.54, 1.807) is 0 Å². The van der Waals surface area contributed by atoms with Crippen LogP contribution in [-0.4, -0.2) is 73.5 Å². The van der Waals surface area contributed by atoms with E-state index in [2.05, 4.69) is 0 Å². The summed E-state index contributed by atoms with van der Waals surface area (Å²) in [5, 5.41) is 8.55. The average Bonchev–Trinajstić information content (AvgIpc) is 2.55. The summed E-state index contributed by atoms with van der Waals surface area (Å²) in [5.41, 5.74) is 0. The Morgan fingerprint density at radius 1 is 1.35 bits per heavy atom. The maximum Gasteiger partial charge on any atom is 0.323 e. The molecule has 1 rings (SSSR count). The highest BCUT2D eigenvalue weighted by atomic mass is 32.2. The maximum absolute atomic E-state index is 11.8. The molecule has 0 saturated carbocycles. The van der Waals surface area contributed by atoms with Crippen molar-refractivity contribution in [3.05, 3.63) is 0 Å². The number of urea groups is 1. The lowest BCUT2D eigenvalue weighted by Gasteiger charge is -2.27. The lowest BCUT2D eigenvalue weighted by molar-refractivity contribution is -0.137. The van der Waals surface area contributed by atoms with E-state index in [1.807, 2.05) is 0 Å². The van der Waals surface area contributed by atoms with E-state index < -0.39 is 28.4 Å². The minimum Gasteiger partial charge on any atom is -0.480 e. The molecular formula is C9H16N2O5S. The molecular weight excluding hydrogens is 248 g/mol. The number of hydrogen-bond acceptors (Lipinski definition) is 4. The number of aliphatic carboxylic acids is 1. The number of carboxylic acid groups (broad SMARTS) is 1. The second-order valence-electron chi connectivity index (χ2n) is 4.20. The van der Waals surface area contributed by atoms with Crippen molar-refractivity contribution in [1.82, 2.24) is 9.80 Å². The second-order valence-corrected chi connectivity index (χ2v) is 6.43. The number of hydrogen-bond donors (Lipinski definition) is 1. The standard InChI is InChI=1S/C9H16N2O5S/c1-10(5-8(12)13)9(14)11(2)7-3-4-17(15,16)6-7/h7H,3-6H2,1-2H3,(H,12,13). The van der Waals surface area contributed by atoms with E-state index in [0.717, 1.165) is 4.90 Å². The fourth-order valence-electron chi connectivity index (χ4n) is 1.78. The fourth-order valence-corrected chi connectivity index (χ4v) is 3.55. The highest BCUT2D eigenvalue weighted by molar-refractivity contribution is 7.91. The van der Waals surface area contributed by atoms with Crippen LogP contribution in [0.5, 0.6) is 0 Å². The lowest BCUT2D eigenvalue weighted by atomic mass is 10.2. The number of amides is 2. The monoisotopic (exact) mass is 264 g/mol. The van der Waals surface area contributed by atoms with E-state index in [4.69, 9.17) is 5.11 Å². The number of likely N-dealkylation sites (N-methyl/N-ethyl adjacent to an activating group) is 1. The van der Waals surface area contributed by atoms with Gasteiger partial charge in [0.05, 0.1) is 11.5 Å². The molecule has 0 aromatic rings. The fraction of sp³-hybridized carbons (Fsp3) is 0.778. The molecule has 0 aromatic heterocycles. The summed E-state index contributed by atoms with van der Waals surface area (Å²) in [7, 11) is -0.188. The zero-order valence-corrected chi connectivity index (χ0v) is 10.6. The third-order valence-corrected chi connectivity index (χ3v) is 4.51. The number of carbonyl (C=O) groups excluding carboxylic acids is 1. The molecule has 98 valence electrons. The zero-order valence-electron chi connectivity index (χ0n) is 9.79. The van der Waals surface area contributed by atoms with Crippen LogP contribution >= 0.6 is 0 Å². The van der Waals surface area contributed by atoms with Crippen molar-refractivity contribution in [2.75, 3.05) is 32.1 Å². The molecule has 0 bridgehead atoms. The van der Waals surface area contributed by atoms with Crippen LogP contribution < -0.4 is 0 Å². The van der Waals surface area contributed by atoms with Gasteiger partial charge >= 0.3 is 12.0 Å². The Bertz CT molecular complexity index is 419. The average molecular weight is 264 g/mol. The number of rotatable bonds is 3. The smallest absolute Gasteiger partial charge is 0.323 e. The third-order valence-electron chi connectivity index (χ3n) is 2.76. The molecule has 1 N–H and O–H groups in total. The summed E-state index contributed by atoms with van der Waals surface area (Å²) in [6, 6.07) is -0.835. The van der Waals surface area contributed by atoms with E-state index in [1.165, 1.54) is 19.0 Å². The molecule has 1 heterocycles. The Morgan fingerprint density at radius 2 is 1.94 bits per heavy atom. The van der Waals surface area contributed by atoms with Crippen molar-refractivity contribution >= 4 is 21.8 Å². The first-order valence-electron chi connectivity index (χ1n) is 5.13. The molecule has 0 aliphatic carbocycles. The molecule has 0 radical (unpaired) electrons. The Morgan fingerprint density at radius 3 is 2.35 bits per heavy atom. The van der Waals surface area contributed by atoms with Gasteiger partial charge in [-0.05, 0) is 6.42 Å². The Labute approximate surface area is 99.9 Å². The Balaban J connectivity index is 2.61. The summed E-state index contributed by atoms with van der Waals surface area (Å²) in [5.74, 6) is -1.07. The van der Waals surface area contributed by atoms with Crippen LogP contribution in [0.25, 0.3) is 0 Å². The minimum atomic E-state index is -3.05. The van der Waals surface area contributed by atoms with E-state index in [-0.39, 0.29) is 17.5 Å². The van der Waals surface area contributed by atoms with Gasteiger partial charge in [0, 0.05) is 20.1 Å². The minimum absolute atomic E-state index is 0.0455. The molecule has 1 saturated heterocycles. The van der Waals surface area contributed by atoms with Crippen LogP contribution in [0.1, 0.15) is 6.42 Å². The van der Waals surface area contributed by atoms with Crippen molar-refractivity contribution in [3.8, 4) is 0 Å². The summed E-state index contributed by atoms with van der Waals surface area (Å²) in [6.45, 7) is -0.400. The normalized spacial score (nSPS) is 22.1. The van der Waals surface area contributed by atoms with Crippen molar-refractivity contribution in [1.29, 1.82) is 0 Å². The van der Waals surface area contributed by atoms with Gasteiger partial charge in [0.25, 0.3) is 0 Å². The topological polar surface area (TPSA) is 95.0 Å². The molecule has 1 aliphatic rings. The largest absolute Gasteiger partial charge is 0.480 e. The van der Waals surface area contributed by atoms with Gasteiger partial charge in [-0.1, -0.05) is 0 Å². The van der Waals surface area contributed by atoms with Gasteiger partial charge in [-0.2, -0.15) is 0 Å². The van der Waals surface area contributed by atoms with Crippen molar-refractivity contribution in [3.63, 3.8) is 0 Å². The van der Waals surface area contributed by atoms with Gasteiger partial charge < -0.3 is 14.9 Å². The number of carbonyl (C=O) groups is 2. The first-order chi connectivity index (χ1) is 7.73. The molecule has 1 atom stereocenters. The van der Waals surface area contributed by atoms with Gasteiger partial charge in [-0.25, -0.2) is 13.2 Å². The molecule has 0 spiro atoms. The van der Waals surface area contributed by atoms with Crippen molar-refractivity contribution in [2.24, 2.45) is 0 Å². The van der Waals surface area contributed by atoms with Crippen molar-refractivity contribution in [2.45, 2.75) is 12.5 Å². The molecule has 17 heavy (non-hydrogen) atoms. The summed E-state index contributed by atoms with van der Waals surface area (Å²) >= 11 is 0. The number of nitrogens with zero attached hydrogens (tertiary/aromatic N) is 2. The molecule has 1 fully saturated rings. The lowest BCUT2D eigenvalue weighted by Crippen LogP contribution is -2.46. The molecule has 7 nitrogen and oxygen atoms in total. The summed E-state index contributed by atoms with van der Waals surface area (Å²) in [4.78, 5) is 24.6. The molecule has 8 heteroatoms. The highest BCUT2D eigenvalue weighted by Crippen LogP contribution is 2.17. The summed E-state index contributed by atoms with van der Waals surface area (Å²) < 4.78 is 22.5. The van der Waals surface area contributed by atoms with E-state index in [9.17, 15) is 18.0 Å². The molecule has 1 aliphatic heterocycles. The zero-order chi connectivity index (χ0) is 13.2. The van der Waals surface area contributed by atoms with Crippen LogP contribution in [-0.2, 0) is 14.6 Å². The highest BCUT2D eigenvalue weighted by Gasteiger charge is 2.33. The van der Waals surface area contributed by atoms with Crippen molar-refractivity contribution < 1.29 is 23.1 Å². The second kappa shape index (κ2) is 4.91. The van der Waals surface area contributed by atoms with Gasteiger partial charge in [-0.3, -0.25) is 4.79 Å². The van der Waals surface area contributed by atoms with Gasteiger partial charge in [0.2, 0.25) is 0 Å². The van der Waals surface area contributed by atoms with E-state index >= 15 is 0 Å². The van der Waals surface area contributed by atoms with E-state index in [0.29, 0.717) is 6.42 Å². The first-order valence-corrected chi connectivity index (χ1v) is 6.95. The predicted octanol–water partition coefficient (Wildman–Crippen LogP) is -0.758. The van der Waals surface area contributed by atoms with Crippen LogP contribution in [0, 0.1) is 0 Å². The number of sulfone groups is 1. The Hall–Kier alpha value is -1.31. The van der Waals surface area contributed by atoms with Gasteiger partial charge in [0.15, 0.2) is 9.84 Å². The van der Waals surface area contributed by atoms with Crippen LogP contribution in [0.4, 0.5) is 4.79 Å². The third kappa shape index (κ3) is 3.58. The van der Waals surface area contributed by atoms with Crippen LogP contribution in [0.15, 0.2) is 0 Å². The SMILES string of the molecule is CN(CC(=O)O)C(=O)N(C)C1CCS(=O)(=O)C1. The predicted molar refractivity (Wildman–Crippen MR) is 60.5 cm³/mol.